The van der Waals surface area contributed by atoms with E-state index in [-0.39, 0.29) is 10.8 Å². The molecule has 0 heterocycles. The minimum absolute atomic E-state index is 0.115. The van der Waals surface area contributed by atoms with Crippen molar-refractivity contribution < 1.29 is 4.39 Å². The van der Waals surface area contributed by atoms with Crippen LogP contribution in [0.5, 0.6) is 0 Å². The maximum Gasteiger partial charge on any atom is 0.135 e. The van der Waals surface area contributed by atoms with E-state index in [0.717, 1.165) is 18.5 Å². The third-order valence-corrected chi connectivity index (χ3v) is 4.24. The van der Waals surface area contributed by atoms with E-state index in [1.165, 1.54) is 25.3 Å². The van der Waals surface area contributed by atoms with E-state index in [4.69, 9.17) is 18.0 Å². The molecule has 1 aromatic carbocycles. The quantitative estimate of drug-likeness (QED) is 0.823. The van der Waals surface area contributed by atoms with Gasteiger partial charge in [-0.3, -0.25) is 0 Å². The Labute approximate surface area is 119 Å². The van der Waals surface area contributed by atoms with E-state index in [2.05, 4.69) is 12.2 Å². The van der Waals surface area contributed by atoms with E-state index < -0.39 is 0 Å². The van der Waals surface area contributed by atoms with Crippen LogP contribution in [0.1, 0.15) is 44.6 Å². The number of hydrogen-bond acceptors (Lipinski definition) is 2. The highest BCUT2D eigenvalue weighted by Crippen LogP contribution is 2.30. The Hall–Kier alpha value is -1.16. The van der Waals surface area contributed by atoms with E-state index in [1.54, 1.807) is 6.07 Å². The van der Waals surface area contributed by atoms with Crippen molar-refractivity contribution in [1.82, 2.24) is 0 Å². The van der Waals surface area contributed by atoms with Gasteiger partial charge in [0.2, 0.25) is 0 Å². The first-order chi connectivity index (χ1) is 9.13. The van der Waals surface area contributed by atoms with Gasteiger partial charge < -0.3 is 11.1 Å². The van der Waals surface area contributed by atoms with E-state index in [0.29, 0.717) is 17.5 Å². The summed E-state index contributed by atoms with van der Waals surface area (Å²) >= 11 is 4.96. The molecule has 1 aliphatic carbocycles. The molecule has 3 N–H and O–H groups in total. The van der Waals surface area contributed by atoms with Crippen molar-refractivity contribution in [2.45, 2.75) is 45.1 Å². The van der Waals surface area contributed by atoms with Gasteiger partial charge in [0.25, 0.3) is 0 Å². The van der Waals surface area contributed by atoms with E-state index in [9.17, 15) is 4.39 Å². The molecule has 1 aliphatic rings. The maximum absolute atomic E-state index is 13.8. The van der Waals surface area contributed by atoms with Crippen molar-refractivity contribution in [1.29, 1.82) is 0 Å². The van der Waals surface area contributed by atoms with Crippen LogP contribution in [0.4, 0.5) is 10.1 Å². The number of halogens is 1. The number of benzene rings is 1. The van der Waals surface area contributed by atoms with Gasteiger partial charge >= 0.3 is 0 Å². The minimum atomic E-state index is -0.346. The fourth-order valence-corrected chi connectivity index (χ4v) is 3.19. The molecule has 0 bridgehead atoms. The standard InChI is InChI=1S/C15H21FN2S/c1-2-10-6-3-4-8-12(10)18-13-9-5-7-11(16)14(13)15(17)19/h5,7,9-10,12,18H,2-4,6,8H2,1H3,(H2,17,19). The summed E-state index contributed by atoms with van der Waals surface area (Å²) in [6, 6.07) is 5.36. The lowest BCUT2D eigenvalue weighted by molar-refractivity contribution is 0.317. The zero-order chi connectivity index (χ0) is 13.8. The van der Waals surface area contributed by atoms with Gasteiger partial charge in [-0.15, -0.1) is 0 Å². The number of hydrogen-bond donors (Lipinski definition) is 2. The first-order valence-electron chi connectivity index (χ1n) is 6.98. The fourth-order valence-electron chi connectivity index (χ4n) is 2.98. The predicted octanol–water partition coefficient (Wildman–Crippen LogP) is 3.84. The summed E-state index contributed by atoms with van der Waals surface area (Å²) in [5.74, 6) is 0.303. The lowest BCUT2D eigenvalue weighted by atomic mass is 9.82. The summed E-state index contributed by atoms with van der Waals surface area (Å²) < 4.78 is 13.8. The molecule has 19 heavy (non-hydrogen) atoms. The number of nitrogens with two attached hydrogens (primary N) is 1. The van der Waals surface area contributed by atoms with Crippen LogP contribution in [0, 0.1) is 11.7 Å². The molecule has 0 amide bonds. The molecule has 0 aliphatic heterocycles. The summed E-state index contributed by atoms with van der Waals surface area (Å²) in [5.41, 5.74) is 6.72. The molecule has 2 nitrogen and oxygen atoms in total. The van der Waals surface area contributed by atoms with Crippen LogP contribution >= 0.6 is 12.2 Å². The molecule has 0 saturated heterocycles. The van der Waals surface area contributed by atoms with E-state index in [1.807, 2.05) is 6.07 Å². The molecule has 4 heteroatoms. The molecule has 0 radical (unpaired) electrons. The Morgan fingerprint density at radius 1 is 1.42 bits per heavy atom. The van der Waals surface area contributed by atoms with Gasteiger partial charge in [-0.2, -0.15) is 0 Å². The van der Waals surface area contributed by atoms with Gasteiger partial charge in [-0.05, 0) is 30.9 Å². The first kappa shape index (κ1) is 14.3. The summed E-state index contributed by atoms with van der Waals surface area (Å²) in [6.07, 6.45) is 6.04. The zero-order valence-corrected chi connectivity index (χ0v) is 12.1. The Morgan fingerprint density at radius 3 is 2.84 bits per heavy atom. The van der Waals surface area contributed by atoms with Gasteiger partial charge in [0.15, 0.2) is 0 Å². The molecular formula is C15H21FN2S. The topological polar surface area (TPSA) is 38.0 Å². The van der Waals surface area contributed by atoms with Gasteiger partial charge in [0, 0.05) is 11.7 Å². The number of rotatable bonds is 4. The smallest absolute Gasteiger partial charge is 0.135 e. The van der Waals surface area contributed by atoms with Crippen molar-refractivity contribution in [2.75, 3.05) is 5.32 Å². The van der Waals surface area contributed by atoms with Crippen LogP contribution in [-0.2, 0) is 0 Å². The van der Waals surface area contributed by atoms with Crippen molar-refractivity contribution in [3.05, 3.63) is 29.6 Å². The van der Waals surface area contributed by atoms with Crippen molar-refractivity contribution in [3.63, 3.8) is 0 Å². The Balaban J connectivity index is 2.22. The van der Waals surface area contributed by atoms with Crippen molar-refractivity contribution in [3.8, 4) is 0 Å². The largest absolute Gasteiger partial charge is 0.389 e. The molecule has 0 spiro atoms. The van der Waals surface area contributed by atoms with Gasteiger partial charge in [0.05, 0.1) is 5.56 Å². The van der Waals surface area contributed by atoms with Gasteiger partial charge in [-0.25, -0.2) is 4.39 Å². The van der Waals surface area contributed by atoms with E-state index >= 15 is 0 Å². The average Bonchev–Trinajstić information content (AvgIpc) is 2.39. The van der Waals surface area contributed by atoms with Crippen LogP contribution in [0.2, 0.25) is 0 Å². The van der Waals surface area contributed by atoms with Crippen molar-refractivity contribution >= 4 is 22.9 Å². The van der Waals surface area contributed by atoms with Crippen LogP contribution in [-0.4, -0.2) is 11.0 Å². The van der Waals surface area contributed by atoms with Crippen LogP contribution < -0.4 is 11.1 Å². The summed E-state index contributed by atoms with van der Waals surface area (Å²) in [4.78, 5) is 0.115. The zero-order valence-electron chi connectivity index (χ0n) is 11.3. The van der Waals surface area contributed by atoms with Crippen LogP contribution in [0.3, 0.4) is 0 Å². The van der Waals surface area contributed by atoms with Crippen LogP contribution in [0.25, 0.3) is 0 Å². The summed E-state index contributed by atoms with van der Waals surface area (Å²) in [6.45, 7) is 2.21. The second-order valence-electron chi connectivity index (χ2n) is 5.23. The third-order valence-electron chi connectivity index (χ3n) is 4.03. The maximum atomic E-state index is 13.8. The molecule has 104 valence electrons. The lowest BCUT2D eigenvalue weighted by Gasteiger charge is -2.33. The van der Waals surface area contributed by atoms with Gasteiger partial charge in [0.1, 0.15) is 10.8 Å². The molecule has 2 unspecified atom stereocenters. The molecular weight excluding hydrogens is 259 g/mol. The number of thiocarbonyl (C=S) groups is 1. The molecule has 0 aromatic heterocycles. The molecule has 1 fully saturated rings. The van der Waals surface area contributed by atoms with Crippen molar-refractivity contribution in [2.24, 2.45) is 11.7 Å². The lowest BCUT2D eigenvalue weighted by Crippen LogP contribution is -2.32. The first-order valence-corrected chi connectivity index (χ1v) is 7.39. The summed E-state index contributed by atoms with van der Waals surface area (Å²) in [5, 5.41) is 3.47. The fraction of sp³-hybridized carbons (Fsp3) is 0.533. The molecule has 1 saturated carbocycles. The molecule has 1 aromatic rings. The van der Waals surface area contributed by atoms with Crippen LogP contribution in [0.15, 0.2) is 18.2 Å². The van der Waals surface area contributed by atoms with Gasteiger partial charge in [-0.1, -0.05) is 44.5 Å². The highest BCUT2D eigenvalue weighted by atomic mass is 32.1. The predicted molar refractivity (Wildman–Crippen MR) is 81.9 cm³/mol. The highest BCUT2D eigenvalue weighted by Gasteiger charge is 2.24. The number of anilines is 1. The third kappa shape index (κ3) is 3.24. The molecule has 2 atom stereocenters. The number of nitrogens with one attached hydrogen (secondary N) is 1. The Kier molecular flexibility index (Phi) is 4.75. The second-order valence-corrected chi connectivity index (χ2v) is 5.67. The average molecular weight is 280 g/mol. The monoisotopic (exact) mass is 280 g/mol. The summed E-state index contributed by atoms with van der Waals surface area (Å²) in [7, 11) is 0. The minimum Gasteiger partial charge on any atom is -0.389 e. The highest BCUT2D eigenvalue weighted by molar-refractivity contribution is 7.80. The Morgan fingerprint density at radius 2 is 2.16 bits per heavy atom. The molecule has 2 rings (SSSR count). The second kappa shape index (κ2) is 6.33. The normalized spacial score (nSPS) is 23.1. The Bertz CT molecular complexity index is 461. The SMILES string of the molecule is CCC1CCCCC1Nc1cccc(F)c1C(N)=S.